The predicted molar refractivity (Wildman–Crippen MR) is 139 cm³/mol. The third kappa shape index (κ3) is 4.25. The number of nitrogen functional groups attached to an aromatic ring is 1. The number of benzene rings is 1. The number of nitrogens with zero attached hydrogens (tertiary/aromatic N) is 6. The van der Waals surface area contributed by atoms with Crippen LogP contribution in [0.3, 0.4) is 0 Å². The van der Waals surface area contributed by atoms with E-state index < -0.39 is 0 Å². The normalized spacial score (nSPS) is 11.6. The number of hydrogen-bond donors (Lipinski definition) is 2. The van der Waals surface area contributed by atoms with E-state index in [0.29, 0.717) is 0 Å². The van der Waals surface area contributed by atoms with Crippen molar-refractivity contribution in [1.82, 2.24) is 24.8 Å². The molecule has 4 aromatic heterocycles. The van der Waals surface area contributed by atoms with Crippen molar-refractivity contribution in [1.29, 1.82) is 0 Å². The Morgan fingerprint density at radius 3 is 2.59 bits per heavy atom. The summed E-state index contributed by atoms with van der Waals surface area (Å²) in [5, 5.41) is 18.6. The fourth-order valence-electron chi connectivity index (χ4n) is 3.70. The smallest absolute Gasteiger partial charge is 0.151 e. The minimum absolute atomic E-state index is 0.233. The highest BCUT2D eigenvalue weighted by Crippen LogP contribution is 2.36. The zero-order valence-corrected chi connectivity index (χ0v) is 19.9. The number of nitrogens with two attached hydrogens (primary N) is 1. The van der Waals surface area contributed by atoms with Crippen molar-refractivity contribution >= 4 is 34.4 Å². The largest absolute Gasteiger partial charge is 0.399 e. The van der Waals surface area contributed by atoms with Crippen LogP contribution in [0.15, 0.2) is 65.9 Å². The number of rotatable bonds is 6. The van der Waals surface area contributed by atoms with Gasteiger partial charge in [0.2, 0.25) is 0 Å². The Balaban J connectivity index is 1.55. The highest BCUT2D eigenvalue weighted by Gasteiger charge is 2.16. The monoisotopic (exact) mass is 468 g/mol. The summed E-state index contributed by atoms with van der Waals surface area (Å²) in [6.07, 6.45) is 5.44. The summed E-state index contributed by atoms with van der Waals surface area (Å²) in [5.41, 5.74) is 13.0. The summed E-state index contributed by atoms with van der Waals surface area (Å²) in [6.45, 7) is 4.21. The second-order valence-corrected chi connectivity index (χ2v) is 9.16. The Kier molecular flexibility index (Phi) is 5.77. The van der Waals surface area contributed by atoms with E-state index in [1.54, 1.807) is 19.5 Å². The summed E-state index contributed by atoms with van der Waals surface area (Å²) in [7, 11) is 1.75. The van der Waals surface area contributed by atoms with Gasteiger partial charge in [-0.3, -0.25) is 9.98 Å². The molecule has 0 radical (unpaired) electrons. The molecule has 0 bridgehead atoms. The predicted octanol–water partition coefficient (Wildman–Crippen LogP) is 5.03. The summed E-state index contributed by atoms with van der Waals surface area (Å²) in [5.74, 6) is 0. The van der Waals surface area contributed by atoms with Crippen LogP contribution in [0.4, 0.5) is 11.4 Å². The number of hydrogen-bond acceptors (Lipinski definition) is 8. The van der Waals surface area contributed by atoms with E-state index in [1.165, 1.54) is 11.3 Å². The van der Waals surface area contributed by atoms with Gasteiger partial charge in [-0.25, -0.2) is 4.52 Å². The molecule has 4 heterocycles. The minimum atomic E-state index is 0.233. The molecule has 0 saturated carbocycles. The van der Waals surface area contributed by atoms with E-state index in [4.69, 9.17) is 10.7 Å². The van der Waals surface area contributed by atoms with Crippen molar-refractivity contribution < 1.29 is 0 Å². The van der Waals surface area contributed by atoms with Crippen molar-refractivity contribution in [2.24, 2.45) is 4.99 Å². The fourth-order valence-corrected chi connectivity index (χ4v) is 4.57. The van der Waals surface area contributed by atoms with Gasteiger partial charge in [0.1, 0.15) is 5.01 Å². The lowest BCUT2D eigenvalue weighted by Gasteiger charge is -2.14. The average molecular weight is 469 g/mol. The van der Waals surface area contributed by atoms with Crippen LogP contribution in [-0.4, -0.2) is 44.1 Å². The molecule has 0 aliphatic heterocycles. The van der Waals surface area contributed by atoms with Crippen LogP contribution >= 0.6 is 11.3 Å². The molecule has 34 heavy (non-hydrogen) atoms. The number of aliphatic imine (C=N–C) groups is 1. The lowest BCUT2D eigenvalue weighted by atomic mass is 10.1. The number of fused-ring (bicyclic) bond motifs is 1. The molecule has 0 saturated heterocycles. The number of aromatic nitrogens is 5. The van der Waals surface area contributed by atoms with Gasteiger partial charge in [0.15, 0.2) is 5.01 Å². The first-order chi connectivity index (χ1) is 16.5. The highest BCUT2D eigenvalue weighted by molar-refractivity contribution is 7.18. The Labute approximate surface area is 201 Å². The second-order valence-electron chi connectivity index (χ2n) is 8.18. The van der Waals surface area contributed by atoms with Gasteiger partial charge >= 0.3 is 0 Å². The number of nitrogens with one attached hydrogen (secondary N) is 1. The lowest BCUT2D eigenvalue weighted by molar-refractivity contribution is 0.898. The molecule has 9 heteroatoms. The van der Waals surface area contributed by atoms with Gasteiger partial charge in [-0.2, -0.15) is 5.10 Å². The van der Waals surface area contributed by atoms with Crippen molar-refractivity contribution in [3.63, 3.8) is 0 Å². The van der Waals surface area contributed by atoms with Crippen LogP contribution in [0, 0.1) is 0 Å². The molecular formula is C25H24N8S. The van der Waals surface area contributed by atoms with Crippen LogP contribution in [0.1, 0.15) is 19.4 Å². The lowest BCUT2D eigenvalue weighted by Crippen LogP contribution is -2.11. The molecule has 0 atom stereocenters. The minimum Gasteiger partial charge on any atom is -0.399 e. The van der Waals surface area contributed by atoms with E-state index >= 15 is 0 Å². The second kappa shape index (κ2) is 9.03. The van der Waals surface area contributed by atoms with Gasteiger partial charge in [-0.15, -0.1) is 10.2 Å². The molecule has 0 fully saturated rings. The quantitative estimate of drug-likeness (QED) is 0.267. The number of anilines is 2. The maximum absolute atomic E-state index is 5.82. The van der Waals surface area contributed by atoms with Gasteiger partial charge in [0.25, 0.3) is 0 Å². The standard InChI is InChI=1S/C25H24N8S/c1-15(2)30-21-11-22(23-9-8-19-10-16(12-27-3)13-29-33(19)23)28-14-20(21)25-32-31-24(34-25)17-4-6-18(26)7-5-17/h4-15H,26H2,1-3H3,(H,28,30)/b27-12-. The first kappa shape index (κ1) is 21.7. The van der Waals surface area contributed by atoms with Crippen LogP contribution in [0.2, 0.25) is 0 Å². The van der Waals surface area contributed by atoms with Crippen LogP contribution in [0.25, 0.3) is 38.0 Å². The van der Waals surface area contributed by atoms with E-state index in [2.05, 4.69) is 39.5 Å². The first-order valence-corrected chi connectivity index (χ1v) is 11.7. The van der Waals surface area contributed by atoms with Crippen LogP contribution in [-0.2, 0) is 0 Å². The maximum Gasteiger partial charge on any atom is 0.151 e. The molecule has 0 aliphatic carbocycles. The molecule has 5 rings (SSSR count). The molecule has 3 N–H and O–H groups in total. The topological polar surface area (TPSA) is 106 Å². The van der Waals surface area contributed by atoms with Crippen molar-refractivity contribution in [3.05, 3.63) is 66.5 Å². The van der Waals surface area contributed by atoms with Crippen molar-refractivity contribution in [2.75, 3.05) is 18.1 Å². The van der Waals surface area contributed by atoms with Crippen molar-refractivity contribution in [2.45, 2.75) is 19.9 Å². The maximum atomic E-state index is 5.82. The Bertz CT molecular complexity index is 1480. The van der Waals surface area contributed by atoms with Gasteiger partial charge in [0, 0.05) is 48.0 Å². The molecule has 8 nitrogen and oxygen atoms in total. The molecule has 1 aromatic carbocycles. The Morgan fingerprint density at radius 1 is 1.03 bits per heavy atom. The summed E-state index contributed by atoms with van der Waals surface area (Å²) in [4.78, 5) is 8.83. The molecular weight excluding hydrogens is 444 g/mol. The molecule has 0 amide bonds. The Morgan fingerprint density at radius 2 is 1.82 bits per heavy atom. The van der Waals surface area contributed by atoms with Crippen molar-refractivity contribution in [3.8, 4) is 32.5 Å². The summed E-state index contributed by atoms with van der Waals surface area (Å²) in [6, 6.07) is 16.0. The van der Waals surface area contributed by atoms with Gasteiger partial charge in [-0.1, -0.05) is 11.3 Å². The highest BCUT2D eigenvalue weighted by atomic mass is 32.1. The third-order valence-electron chi connectivity index (χ3n) is 5.22. The summed E-state index contributed by atoms with van der Waals surface area (Å²) >= 11 is 1.53. The fraction of sp³-hybridized carbons (Fsp3) is 0.160. The molecule has 0 unspecified atom stereocenters. The summed E-state index contributed by atoms with van der Waals surface area (Å²) < 4.78 is 1.89. The van der Waals surface area contributed by atoms with Crippen LogP contribution in [0.5, 0.6) is 0 Å². The zero-order valence-electron chi connectivity index (χ0n) is 19.1. The molecule has 5 aromatic rings. The van der Waals surface area contributed by atoms with Crippen LogP contribution < -0.4 is 11.1 Å². The van der Waals surface area contributed by atoms with Gasteiger partial charge in [0.05, 0.1) is 28.7 Å². The Hall–Kier alpha value is -4.11. The SMILES string of the molecule is C/N=C\c1cnn2c(-c3cc(NC(C)C)c(-c4nnc(-c5ccc(N)cc5)s4)cn3)ccc2c1. The zero-order chi connectivity index (χ0) is 23.7. The molecule has 0 aliphatic rings. The van der Waals surface area contributed by atoms with E-state index in [9.17, 15) is 0 Å². The molecule has 0 spiro atoms. The van der Waals surface area contributed by atoms with Gasteiger partial charge in [-0.05, 0) is 62.4 Å². The third-order valence-corrected chi connectivity index (χ3v) is 6.23. The van der Waals surface area contributed by atoms with E-state index in [0.717, 1.165) is 55.0 Å². The molecule has 170 valence electrons. The number of pyridine rings is 1. The van der Waals surface area contributed by atoms with E-state index in [1.807, 2.05) is 59.2 Å². The van der Waals surface area contributed by atoms with E-state index in [-0.39, 0.29) is 6.04 Å². The first-order valence-electron chi connectivity index (χ1n) is 10.9. The average Bonchev–Trinajstić information content (AvgIpc) is 3.47. The van der Waals surface area contributed by atoms with Gasteiger partial charge < -0.3 is 11.1 Å².